The second-order valence-corrected chi connectivity index (χ2v) is 13.1. The zero-order valence-corrected chi connectivity index (χ0v) is 23.9. The molecule has 5 aliphatic heterocycles. The fraction of sp³-hybridized carbons (Fsp3) is 0.613. The van der Waals surface area contributed by atoms with E-state index in [1.54, 1.807) is 0 Å². The number of aryl methyl sites for hydroxylation is 1. The van der Waals surface area contributed by atoms with Crippen LogP contribution in [-0.4, -0.2) is 89.0 Å². The minimum absolute atomic E-state index is 0.448. The van der Waals surface area contributed by atoms with Gasteiger partial charge in [0.05, 0.1) is 51.0 Å². The molecule has 8 nitrogen and oxygen atoms in total. The first-order valence-corrected chi connectivity index (χ1v) is 15.2. The standard InChI is InChI=1S/C31H46N8/c1-26-32-13-18-36(26)31-11-17-34-14-7-15-35(34)25-39(24-30-29(31)10-3-5-12-33-30)20-8-19-38(2)21-27-9-4-6-16-37(27)28(22-38)23-39/h4-7,9,12,14-16,28-29,31H,3,8,10-11,13,17-25H2,1-2H3/q+4. The molecule has 0 aromatic carbocycles. The van der Waals surface area contributed by atoms with Gasteiger partial charge in [0, 0.05) is 49.3 Å². The van der Waals surface area contributed by atoms with E-state index in [-0.39, 0.29) is 0 Å². The van der Waals surface area contributed by atoms with E-state index in [0.29, 0.717) is 18.0 Å². The number of hydrogen-bond donors (Lipinski definition) is 0. The number of amidine groups is 1. The van der Waals surface area contributed by atoms with Gasteiger partial charge in [0.2, 0.25) is 11.9 Å². The summed E-state index contributed by atoms with van der Waals surface area (Å²) in [5, 5.41) is 0. The summed E-state index contributed by atoms with van der Waals surface area (Å²) < 4.78 is 9.87. The van der Waals surface area contributed by atoms with Gasteiger partial charge in [0.15, 0.2) is 19.3 Å². The number of pyridine rings is 1. The highest BCUT2D eigenvalue weighted by Gasteiger charge is 2.51. The Kier molecular flexibility index (Phi) is 6.43. The highest BCUT2D eigenvalue weighted by molar-refractivity contribution is 5.90. The predicted molar refractivity (Wildman–Crippen MR) is 152 cm³/mol. The minimum atomic E-state index is 0.448. The molecule has 0 amide bonds. The predicted octanol–water partition coefficient (Wildman–Crippen LogP) is 2.31. The lowest BCUT2D eigenvalue weighted by atomic mass is 9.85. The van der Waals surface area contributed by atoms with E-state index in [1.165, 1.54) is 54.2 Å². The average molecular weight is 531 g/mol. The van der Waals surface area contributed by atoms with Gasteiger partial charge in [-0.25, -0.2) is 0 Å². The number of rotatable bonds is 1. The summed E-state index contributed by atoms with van der Waals surface area (Å²) in [5.41, 5.74) is 2.92. The summed E-state index contributed by atoms with van der Waals surface area (Å²) in [7, 11) is 2.49. The quantitative estimate of drug-likeness (QED) is 0.412. The number of hydrogen-bond acceptors (Lipinski definition) is 3. The lowest BCUT2D eigenvalue weighted by Crippen LogP contribution is -2.71. The highest BCUT2D eigenvalue weighted by atomic mass is 15.5. The van der Waals surface area contributed by atoms with E-state index in [4.69, 9.17) is 9.98 Å². The van der Waals surface area contributed by atoms with E-state index in [1.807, 2.05) is 0 Å². The summed E-state index contributed by atoms with van der Waals surface area (Å²) in [4.78, 5) is 12.7. The first-order valence-electron chi connectivity index (χ1n) is 15.2. The molecule has 1 spiro atoms. The molecule has 5 unspecified atom stereocenters. The Balaban J connectivity index is 1.32. The van der Waals surface area contributed by atoms with E-state index in [0.717, 1.165) is 63.3 Å². The number of fused-ring (bicyclic) bond motifs is 6. The molecule has 1 fully saturated rings. The Bertz CT molecular complexity index is 1310. The molecule has 39 heavy (non-hydrogen) atoms. The Labute approximate surface area is 233 Å². The molecule has 206 valence electrons. The van der Waals surface area contributed by atoms with Gasteiger partial charge in [-0.1, -0.05) is 10.8 Å². The molecule has 5 aliphatic rings. The number of quaternary nitrogens is 2. The molecule has 0 N–H and O–H groups in total. The average Bonchev–Trinajstić information content (AvgIpc) is 3.47. The second kappa shape index (κ2) is 9.97. The van der Waals surface area contributed by atoms with Crippen LogP contribution in [0, 0.1) is 5.92 Å². The number of nitrogens with zero attached hydrogens (tertiary/aromatic N) is 8. The van der Waals surface area contributed by atoms with Crippen molar-refractivity contribution in [1.82, 2.24) is 9.58 Å². The van der Waals surface area contributed by atoms with Crippen molar-refractivity contribution >= 4 is 11.5 Å². The Morgan fingerprint density at radius 2 is 1.97 bits per heavy atom. The SMILES string of the molecule is CC1=NCCN1C1CCn2ccc[n+]2C[N+]2(CCC[N+]3(C)Cc4cccc[n+]4C(C3)C2)CC2=NC=CCCC21. The van der Waals surface area contributed by atoms with Gasteiger partial charge in [0.1, 0.15) is 13.1 Å². The number of likely N-dealkylation sites (N-methyl/N-ethyl adjacent to an activating group) is 1. The molecular formula is C31H46N8+4. The zero-order chi connectivity index (χ0) is 26.5. The fourth-order valence-electron chi connectivity index (χ4n) is 8.54. The third-order valence-corrected chi connectivity index (χ3v) is 10.3. The second-order valence-electron chi connectivity index (χ2n) is 13.1. The van der Waals surface area contributed by atoms with Crippen LogP contribution in [0.15, 0.2) is 65.1 Å². The molecule has 0 aliphatic carbocycles. The summed E-state index contributed by atoms with van der Waals surface area (Å²) in [6, 6.07) is 10.00. The maximum atomic E-state index is 5.28. The monoisotopic (exact) mass is 530 g/mol. The molecule has 7 rings (SSSR count). The molecule has 8 heteroatoms. The summed E-state index contributed by atoms with van der Waals surface area (Å²) in [6.45, 7) is 13.2. The molecular weight excluding hydrogens is 484 g/mol. The topological polar surface area (TPSA) is 40.6 Å². The van der Waals surface area contributed by atoms with Gasteiger partial charge >= 0.3 is 0 Å². The van der Waals surface area contributed by atoms with Crippen LogP contribution in [-0.2, 0) is 19.8 Å². The van der Waals surface area contributed by atoms with Crippen molar-refractivity contribution in [3.63, 3.8) is 0 Å². The van der Waals surface area contributed by atoms with Crippen LogP contribution in [0.4, 0.5) is 0 Å². The fourth-order valence-corrected chi connectivity index (χ4v) is 8.54. The largest absolute Gasteiger partial charge is 0.355 e. The molecule has 5 atom stereocenters. The first-order chi connectivity index (χ1) is 19.0. The van der Waals surface area contributed by atoms with Gasteiger partial charge in [-0.15, -0.1) is 0 Å². The first kappa shape index (κ1) is 25.1. The van der Waals surface area contributed by atoms with Gasteiger partial charge in [-0.2, -0.15) is 9.25 Å². The summed E-state index contributed by atoms with van der Waals surface area (Å²) in [5.74, 6) is 1.69. The van der Waals surface area contributed by atoms with E-state index >= 15 is 0 Å². The Morgan fingerprint density at radius 3 is 2.87 bits per heavy atom. The molecule has 2 aromatic rings. The lowest BCUT2D eigenvalue weighted by molar-refractivity contribution is -1.09. The van der Waals surface area contributed by atoms with Crippen LogP contribution in [0.5, 0.6) is 0 Å². The van der Waals surface area contributed by atoms with Gasteiger partial charge in [-0.05, 0) is 32.3 Å². The van der Waals surface area contributed by atoms with Crippen molar-refractivity contribution in [2.24, 2.45) is 15.9 Å². The summed E-state index contributed by atoms with van der Waals surface area (Å²) in [6.07, 6.45) is 16.1. The molecule has 2 aromatic heterocycles. The van der Waals surface area contributed by atoms with Crippen molar-refractivity contribution in [3.8, 4) is 0 Å². The minimum Gasteiger partial charge on any atom is -0.355 e. The van der Waals surface area contributed by atoms with Gasteiger partial charge in [-0.3, -0.25) is 14.5 Å². The van der Waals surface area contributed by atoms with Crippen LogP contribution in [0.25, 0.3) is 0 Å². The number of aliphatic imine (C=N–C) groups is 2. The third kappa shape index (κ3) is 4.76. The lowest BCUT2D eigenvalue weighted by Gasteiger charge is -2.46. The molecule has 0 radical (unpaired) electrons. The third-order valence-electron chi connectivity index (χ3n) is 10.3. The van der Waals surface area contributed by atoms with Crippen molar-refractivity contribution in [2.45, 2.75) is 64.4 Å². The molecule has 2 bridgehead atoms. The van der Waals surface area contributed by atoms with E-state index < -0.39 is 0 Å². The van der Waals surface area contributed by atoms with Crippen LogP contribution in [0.3, 0.4) is 0 Å². The van der Waals surface area contributed by atoms with Crippen LogP contribution in [0.1, 0.15) is 44.3 Å². The summed E-state index contributed by atoms with van der Waals surface area (Å²) >= 11 is 0. The smallest absolute Gasteiger partial charge is 0.299 e. The highest BCUT2D eigenvalue weighted by Crippen LogP contribution is 2.32. The van der Waals surface area contributed by atoms with Crippen molar-refractivity contribution in [1.29, 1.82) is 0 Å². The van der Waals surface area contributed by atoms with E-state index in [2.05, 4.69) is 87.9 Å². The Hall–Kier alpha value is -2.84. The van der Waals surface area contributed by atoms with E-state index in [9.17, 15) is 0 Å². The molecule has 1 saturated heterocycles. The van der Waals surface area contributed by atoms with Gasteiger partial charge in [0.25, 0.3) is 12.7 Å². The van der Waals surface area contributed by atoms with Crippen LogP contribution in [0.2, 0.25) is 0 Å². The maximum absolute atomic E-state index is 5.28. The Morgan fingerprint density at radius 1 is 1.03 bits per heavy atom. The van der Waals surface area contributed by atoms with Crippen molar-refractivity contribution < 1.29 is 18.2 Å². The number of aromatic nitrogens is 3. The molecule has 0 saturated carbocycles. The normalized spacial score (nSPS) is 34.6. The maximum Gasteiger partial charge on any atom is 0.299 e. The van der Waals surface area contributed by atoms with Crippen LogP contribution < -0.4 is 9.25 Å². The number of allylic oxidation sites excluding steroid dienone is 1. The van der Waals surface area contributed by atoms with Crippen molar-refractivity contribution in [3.05, 3.63) is 60.8 Å². The van der Waals surface area contributed by atoms with Crippen LogP contribution >= 0.6 is 0 Å². The zero-order valence-electron chi connectivity index (χ0n) is 23.9. The molecule has 7 heterocycles. The van der Waals surface area contributed by atoms with Gasteiger partial charge < -0.3 is 9.38 Å². The van der Waals surface area contributed by atoms with Crippen molar-refractivity contribution in [2.75, 3.05) is 52.9 Å².